The van der Waals surface area contributed by atoms with E-state index in [4.69, 9.17) is 5.73 Å². The molecule has 1 aromatic rings. The highest BCUT2D eigenvalue weighted by Gasteiger charge is 2.30. The van der Waals surface area contributed by atoms with Crippen molar-refractivity contribution in [3.05, 3.63) is 24.4 Å². The Balaban J connectivity index is 0.00000128. The topological polar surface area (TPSA) is 68.0 Å². The molecule has 2 atom stereocenters. The lowest BCUT2D eigenvalue weighted by Gasteiger charge is -2.14. The average Bonchev–Trinajstić information content (AvgIpc) is 2.66. The predicted molar refractivity (Wildman–Crippen MR) is 72.7 cm³/mol. The van der Waals surface area contributed by atoms with Gasteiger partial charge >= 0.3 is 0 Å². The molecule has 1 amide bonds. The van der Waals surface area contributed by atoms with Gasteiger partial charge in [0.1, 0.15) is 5.82 Å². The van der Waals surface area contributed by atoms with Crippen LogP contribution in [-0.4, -0.2) is 16.9 Å². The Morgan fingerprint density at radius 2 is 2.12 bits per heavy atom. The van der Waals surface area contributed by atoms with Gasteiger partial charge in [0.05, 0.1) is 5.92 Å². The number of hydrogen-bond acceptors (Lipinski definition) is 3. The largest absolute Gasteiger partial charge is 0.327 e. The number of nitrogens with zero attached hydrogens (tertiary/aromatic N) is 1. The van der Waals surface area contributed by atoms with Gasteiger partial charge in [0.2, 0.25) is 5.91 Å². The number of amides is 1. The number of anilines is 1. The lowest BCUT2D eigenvalue weighted by Crippen LogP contribution is -2.34. The van der Waals surface area contributed by atoms with Gasteiger partial charge < -0.3 is 11.1 Å². The predicted octanol–water partition coefficient (Wildman–Crippen LogP) is 1.99. The number of hydrogen-bond donors (Lipinski definition) is 2. The van der Waals surface area contributed by atoms with E-state index in [1.165, 1.54) is 0 Å². The van der Waals surface area contributed by atoms with Gasteiger partial charge in [-0.2, -0.15) is 0 Å². The highest BCUT2D eigenvalue weighted by molar-refractivity contribution is 5.92. The van der Waals surface area contributed by atoms with Crippen molar-refractivity contribution < 1.29 is 4.79 Å². The van der Waals surface area contributed by atoms with Crippen molar-refractivity contribution in [1.82, 2.24) is 4.98 Å². The molecule has 0 saturated heterocycles. The standard InChI is InChI=1S/C11H15N3O.2ClH/c12-9-5-3-4-8(9)11(15)14-10-6-1-2-7-13-10;;/h1-2,6-9H,3-5,12H2,(H,13,14,15);2*1H. The first kappa shape index (κ1) is 16.2. The van der Waals surface area contributed by atoms with Gasteiger partial charge in [0, 0.05) is 12.2 Å². The van der Waals surface area contributed by atoms with Gasteiger partial charge in [-0.25, -0.2) is 4.98 Å². The van der Waals surface area contributed by atoms with Crippen LogP contribution in [0.3, 0.4) is 0 Å². The van der Waals surface area contributed by atoms with Crippen LogP contribution >= 0.6 is 24.8 Å². The molecule has 1 aliphatic carbocycles. The highest BCUT2D eigenvalue weighted by Crippen LogP contribution is 2.24. The molecule has 4 nitrogen and oxygen atoms in total. The van der Waals surface area contributed by atoms with Crippen molar-refractivity contribution in [2.45, 2.75) is 25.3 Å². The summed E-state index contributed by atoms with van der Waals surface area (Å²) in [6.45, 7) is 0. The van der Waals surface area contributed by atoms with Crippen LogP contribution in [0.2, 0.25) is 0 Å². The third-order valence-electron chi connectivity index (χ3n) is 2.82. The third kappa shape index (κ3) is 4.15. The minimum absolute atomic E-state index is 0. The second-order valence-electron chi connectivity index (χ2n) is 3.91. The maximum Gasteiger partial charge on any atom is 0.230 e. The van der Waals surface area contributed by atoms with E-state index in [-0.39, 0.29) is 42.7 Å². The Kier molecular flexibility index (Phi) is 7.11. The summed E-state index contributed by atoms with van der Waals surface area (Å²) >= 11 is 0. The summed E-state index contributed by atoms with van der Waals surface area (Å²) in [5.41, 5.74) is 5.85. The minimum atomic E-state index is -0.0491. The molecule has 1 saturated carbocycles. The molecular formula is C11H17Cl2N3O. The number of carbonyl (C=O) groups excluding carboxylic acids is 1. The number of pyridine rings is 1. The summed E-state index contributed by atoms with van der Waals surface area (Å²) < 4.78 is 0. The SMILES string of the molecule is Cl.Cl.NC1CCCC1C(=O)Nc1ccccn1. The Hall–Kier alpha value is -0.840. The molecule has 2 rings (SSSR count). The molecule has 0 bridgehead atoms. The number of halogens is 2. The second-order valence-corrected chi connectivity index (χ2v) is 3.91. The van der Waals surface area contributed by atoms with Crippen LogP contribution in [0.25, 0.3) is 0 Å². The molecule has 3 N–H and O–H groups in total. The zero-order chi connectivity index (χ0) is 10.7. The van der Waals surface area contributed by atoms with Gasteiger partial charge in [-0.15, -0.1) is 24.8 Å². The van der Waals surface area contributed by atoms with Gasteiger partial charge in [0.15, 0.2) is 0 Å². The van der Waals surface area contributed by atoms with E-state index >= 15 is 0 Å². The van der Waals surface area contributed by atoms with Crippen LogP contribution in [0.1, 0.15) is 19.3 Å². The van der Waals surface area contributed by atoms with E-state index in [9.17, 15) is 4.79 Å². The molecule has 1 heterocycles. The molecular weight excluding hydrogens is 261 g/mol. The van der Waals surface area contributed by atoms with Crippen LogP contribution in [-0.2, 0) is 4.79 Å². The Morgan fingerprint density at radius 3 is 2.65 bits per heavy atom. The van der Waals surface area contributed by atoms with Crippen LogP contribution in [0, 0.1) is 5.92 Å². The molecule has 0 aliphatic heterocycles. The zero-order valence-electron chi connectivity index (χ0n) is 9.33. The van der Waals surface area contributed by atoms with Crippen LogP contribution in [0.5, 0.6) is 0 Å². The molecule has 6 heteroatoms. The average molecular weight is 278 g/mol. The van der Waals surface area contributed by atoms with Crippen molar-refractivity contribution in [1.29, 1.82) is 0 Å². The fourth-order valence-corrected chi connectivity index (χ4v) is 1.97. The number of nitrogens with one attached hydrogen (secondary N) is 1. The molecule has 2 unspecified atom stereocenters. The molecule has 0 aromatic carbocycles. The second kappa shape index (κ2) is 7.48. The van der Waals surface area contributed by atoms with E-state index in [1.54, 1.807) is 12.3 Å². The van der Waals surface area contributed by atoms with Gasteiger partial charge in [-0.3, -0.25) is 4.79 Å². The van der Waals surface area contributed by atoms with Crippen molar-refractivity contribution in [3.63, 3.8) is 0 Å². The molecule has 0 radical (unpaired) electrons. The van der Waals surface area contributed by atoms with E-state index in [2.05, 4.69) is 10.3 Å². The first-order valence-electron chi connectivity index (χ1n) is 5.25. The third-order valence-corrected chi connectivity index (χ3v) is 2.82. The first-order chi connectivity index (χ1) is 7.27. The quantitative estimate of drug-likeness (QED) is 0.869. The fourth-order valence-electron chi connectivity index (χ4n) is 1.97. The summed E-state index contributed by atoms with van der Waals surface area (Å²) in [5, 5.41) is 2.78. The van der Waals surface area contributed by atoms with Crippen LogP contribution in [0.4, 0.5) is 5.82 Å². The van der Waals surface area contributed by atoms with E-state index in [0.29, 0.717) is 5.82 Å². The minimum Gasteiger partial charge on any atom is -0.327 e. The van der Waals surface area contributed by atoms with Crippen molar-refractivity contribution in [3.8, 4) is 0 Å². The molecule has 96 valence electrons. The Bertz CT molecular complexity index is 348. The summed E-state index contributed by atoms with van der Waals surface area (Å²) in [6, 6.07) is 5.45. The normalized spacial score (nSPS) is 22.2. The molecule has 17 heavy (non-hydrogen) atoms. The first-order valence-corrected chi connectivity index (χ1v) is 5.25. The number of carbonyl (C=O) groups is 1. The summed E-state index contributed by atoms with van der Waals surface area (Å²) in [7, 11) is 0. The maximum absolute atomic E-state index is 11.8. The summed E-state index contributed by atoms with van der Waals surface area (Å²) in [6.07, 6.45) is 4.53. The number of rotatable bonds is 2. The van der Waals surface area contributed by atoms with Crippen LogP contribution in [0.15, 0.2) is 24.4 Å². The van der Waals surface area contributed by atoms with Gasteiger partial charge in [-0.1, -0.05) is 12.5 Å². The van der Waals surface area contributed by atoms with Crippen molar-refractivity contribution in [2.24, 2.45) is 11.7 Å². The monoisotopic (exact) mass is 277 g/mol. The van der Waals surface area contributed by atoms with Gasteiger partial charge in [0.25, 0.3) is 0 Å². The molecule has 1 aromatic heterocycles. The van der Waals surface area contributed by atoms with E-state index in [0.717, 1.165) is 19.3 Å². The number of nitrogens with two attached hydrogens (primary N) is 1. The molecule has 1 fully saturated rings. The van der Waals surface area contributed by atoms with Crippen molar-refractivity contribution >= 4 is 36.5 Å². The lowest BCUT2D eigenvalue weighted by atomic mass is 10.0. The summed E-state index contributed by atoms with van der Waals surface area (Å²) in [5.74, 6) is 0.548. The Morgan fingerprint density at radius 1 is 1.35 bits per heavy atom. The zero-order valence-corrected chi connectivity index (χ0v) is 11.0. The fraction of sp³-hybridized carbons (Fsp3) is 0.455. The van der Waals surface area contributed by atoms with E-state index < -0.39 is 0 Å². The van der Waals surface area contributed by atoms with Crippen LogP contribution < -0.4 is 11.1 Å². The smallest absolute Gasteiger partial charge is 0.230 e. The Labute approximate surface area is 113 Å². The van der Waals surface area contributed by atoms with Crippen molar-refractivity contribution in [2.75, 3.05) is 5.32 Å². The maximum atomic E-state index is 11.8. The lowest BCUT2D eigenvalue weighted by molar-refractivity contribution is -0.120. The molecule has 1 aliphatic rings. The van der Waals surface area contributed by atoms with E-state index in [1.807, 2.05) is 12.1 Å². The van der Waals surface area contributed by atoms with Gasteiger partial charge in [-0.05, 0) is 25.0 Å². The molecule has 0 spiro atoms. The highest BCUT2D eigenvalue weighted by atomic mass is 35.5. The summed E-state index contributed by atoms with van der Waals surface area (Å²) in [4.78, 5) is 15.8. The number of aromatic nitrogens is 1.